The van der Waals surface area contributed by atoms with Crippen LogP contribution in [0.4, 0.5) is 0 Å². The first kappa shape index (κ1) is 14.5. The minimum atomic E-state index is -0.574. The highest BCUT2D eigenvalue weighted by Crippen LogP contribution is 2.13. The van der Waals surface area contributed by atoms with Crippen molar-refractivity contribution in [3.63, 3.8) is 0 Å². The number of rotatable bonds is 3. The average molecular weight is 277 g/mol. The van der Waals surface area contributed by atoms with E-state index in [2.05, 4.69) is 5.32 Å². The number of hydrogen-bond donors (Lipinski definition) is 2. The van der Waals surface area contributed by atoms with Crippen LogP contribution in [0.2, 0.25) is 0 Å². The first-order valence-corrected chi connectivity index (χ1v) is 6.56. The Balaban J connectivity index is 2.18. The Bertz CT molecular complexity index is 487. The second-order valence-corrected chi connectivity index (χ2v) is 4.60. The molecule has 20 heavy (non-hydrogen) atoms. The van der Waals surface area contributed by atoms with Gasteiger partial charge in [0.2, 0.25) is 5.91 Å². The lowest BCUT2D eigenvalue weighted by atomic mass is 10.1. The molecule has 2 amide bonds. The van der Waals surface area contributed by atoms with Crippen molar-refractivity contribution in [3.8, 4) is 0 Å². The Morgan fingerprint density at radius 1 is 1.40 bits per heavy atom. The Kier molecular flexibility index (Phi) is 4.70. The fraction of sp³-hybridized carbons (Fsp3) is 0.429. The summed E-state index contributed by atoms with van der Waals surface area (Å²) in [4.78, 5) is 25.9. The van der Waals surface area contributed by atoms with E-state index in [1.54, 1.807) is 24.1 Å². The molecular formula is C14H19N3O3. The third-order valence-corrected chi connectivity index (χ3v) is 3.37. The lowest BCUT2D eigenvalue weighted by molar-refractivity contribution is -0.130. The topological polar surface area (TPSA) is 84.7 Å². The summed E-state index contributed by atoms with van der Waals surface area (Å²) in [6, 6.07) is 6.54. The summed E-state index contributed by atoms with van der Waals surface area (Å²) >= 11 is 0. The minimum Gasteiger partial charge on any atom is -0.377 e. The fourth-order valence-electron chi connectivity index (χ4n) is 2.18. The highest BCUT2D eigenvalue weighted by atomic mass is 16.5. The van der Waals surface area contributed by atoms with Gasteiger partial charge in [0, 0.05) is 25.7 Å². The number of morpholine rings is 1. The molecule has 6 heteroatoms. The number of hydrogen-bond acceptors (Lipinski definition) is 4. The maximum absolute atomic E-state index is 12.5. The van der Waals surface area contributed by atoms with Crippen molar-refractivity contribution in [2.24, 2.45) is 5.73 Å². The molecule has 2 rings (SSSR count). The van der Waals surface area contributed by atoms with Gasteiger partial charge in [-0.15, -0.1) is 0 Å². The third kappa shape index (κ3) is 2.97. The molecule has 108 valence electrons. The molecule has 0 saturated carbocycles. The second-order valence-electron chi connectivity index (χ2n) is 4.60. The van der Waals surface area contributed by atoms with E-state index in [1.807, 2.05) is 12.1 Å². The molecule has 0 aromatic heterocycles. The van der Waals surface area contributed by atoms with Gasteiger partial charge in [-0.1, -0.05) is 12.1 Å². The third-order valence-electron chi connectivity index (χ3n) is 3.37. The molecule has 1 fully saturated rings. The molecule has 0 radical (unpaired) electrons. The first-order valence-electron chi connectivity index (χ1n) is 6.56. The number of nitrogens with one attached hydrogen (secondary N) is 1. The quantitative estimate of drug-likeness (QED) is 0.796. The van der Waals surface area contributed by atoms with E-state index in [1.165, 1.54) is 0 Å². The van der Waals surface area contributed by atoms with E-state index >= 15 is 0 Å². The zero-order valence-corrected chi connectivity index (χ0v) is 11.5. The van der Waals surface area contributed by atoms with Crippen LogP contribution in [0.3, 0.4) is 0 Å². The first-order chi connectivity index (χ1) is 9.67. The van der Waals surface area contributed by atoms with Gasteiger partial charge in [0.1, 0.15) is 6.04 Å². The Morgan fingerprint density at radius 3 is 2.70 bits per heavy atom. The summed E-state index contributed by atoms with van der Waals surface area (Å²) in [7, 11) is 1.55. The van der Waals surface area contributed by atoms with E-state index < -0.39 is 6.04 Å². The number of amides is 2. The van der Waals surface area contributed by atoms with Crippen LogP contribution >= 0.6 is 0 Å². The van der Waals surface area contributed by atoms with E-state index in [0.29, 0.717) is 25.3 Å². The van der Waals surface area contributed by atoms with Gasteiger partial charge < -0.3 is 20.7 Å². The Labute approximate surface area is 117 Å². The molecule has 0 aliphatic carbocycles. The van der Waals surface area contributed by atoms with Crippen molar-refractivity contribution >= 4 is 11.8 Å². The highest BCUT2D eigenvalue weighted by Gasteiger charge is 2.32. The molecule has 1 atom stereocenters. The van der Waals surface area contributed by atoms with Crippen molar-refractivity contribution < 1.29 is 14.3 Å². The van der Waals surface area contributed by atoms with Gasteiger partial charge >= 0.3 is 0 Å². The molecule has 1 aliphatic rings. The van der Waals surface area contributed by atoms with Crippen molar-refractivity contribution in [3.05, 3.63) is 35.4 Å². The predicted octanol–water partition coefficient (Wildman–Crippen LogP) is -0.268. The number of likely N-dealkylation sites (N-methyl/N-ethyl adjacent to an activating group) is 1. The molecule has 3 N–H and O–H groups in total. The van der Waals surface area contributed by atoms with E-state index in [-0.39, 0.29) is 18.4 Å². The standard InChI is InChI=1S/C14H19N3O3/c1-16-13(18)12-9-20-7-6-17(12)14(19)11-4-2-10(8-15)3-5-11/h2-5,12H,6-9,15H2,1H3,(H,16,18). The highest BCUT2D eigenvalue weighted by molar-refractivity contribution is 5.97. The number of nitrogens with zero attached hydrogens (tertiary/aromatic N) is 1. The van der Waals surface area contributed by atoms with Crippen molar-refractivity contribution in [1.29, 1.82) is 0 Å². The van der Waals surface area contributed by atoms with Gasteiger partial charge in [-0.2, -0.15) is 0 Å². The number of benzene rings is 1. The van der Waals surface area contributed by atoms with Crippen molar-refractivity contribution in [2.45, 2.75) is 12.6 Å². The summed E-state index contributed by atoms with van der Waals surface area (Å²) in [5, 5.41) is 2.56. The van der Waals surface area contributed by atoms with Crippen LogP contribution in [0.1, 0.15) is 15.9 Å². The molecule has 6 nitrogen and oxygen atoms in total. The number of carbonyl (C=O) groups excluding carboxylic acids is 2. The molecule has 0 spiro atoms. The second kappa shape index (κ2) is 6.49. The van der Waals surface area contributed by atoms with E-state index in [0.717, 1.165) is 5.56 Å². The number of carbonyl (C=O) groups is 2. The van der Waals surface area contributed by atoms with Crippen LogP contribution in [0.15, 0.2) is 24.3 Å². The fourth-order valence-corrected chi connectivity index (χ4v) is 2.18. The molecule has 1 aliphatic heterocycles. The Morgan fingerprint density at radius 2 is 2.10 bits per heavy atom. The van der Waals surface area contributed by atoms with Crippen LogP contribution in [0.5, 0.6) is 0 Å². The molecule has 1 aromatic carbocycles. The summed E-state index contributed by atoms with van der Waals surface area (Å²) < 4.78 is 5.29. The number of ether oxygens (including phenoxy) is 1. The van der Waals surface area contributed by atoms with Gasteiger partial charge in [0.05, 0.1) is 13.2 Å². The Hall–Kier alpha value is -1.92. The average Bonchev–Trinajstić information content (AvgIpc) is 2.53. The molecule has 1 unspecified atom stereocenters. The molecule has 0 bridgehead atoms. The SMILES string of the molecule is CNC(=O)C1COCCN1C(=O)c1ccc(CN)cc1. The molecule has 1 heterocycles. The summed E-state index contributed by atoms with van der Waals surface area (Å²) in [6.07, 6.45) is 0. The lowest BCUT2D eigenvalue weighted by Gasteiger charge is -2.34. The zero-order valence-electron chi connectivity index (χ0n) is 11.5. The maximum atomic E-state index is 12.5. The summed E-state index contributed by atoms with van der Waals surface area (Å²) in [5.41, 5.74) is 7.05. The van der Waals surface area contributed by atoms with Crippen LogP contribution in [0, 0.1) is 0 Å². The van der Waals surface area contributed by atoms with Gasteiger partial charge in [0.25, 0.3) is 5.91 Å². The number of nitrogens with two attached hydrogens (primary N) is 1. The van der Waals surface area contributed by atoms with E-state index in [4.69, 9.17) is 10.5 Å². The largest absolute Gasteiger partial charge is 0.377 e. The van der Waals surface area contributed by atoms with Crippen LogP contribution in [-0.4, -0.2) is 49.6 Å². The molecule has 1 aromatic rings. The molecule has 1 saturated heterocycles. The van der Waals surface area contributed by atoms with Gasteiger partial charge in [-0.3, -0.25) is 9.59 Å². The summed E-state index contributed by atoms with van der Waals surface area (Å²) in [6.45, 7) is 1.52. The smallest absolute Gasteiger partial charge is 0.254 e. The monoisotopic (exact) mass is 277 g/mol. The van der Waals surface area contributed by atoms with Crippen LogP contribution < -0.4 is 11.1 Å². The van der Waals surface area contributed by atoms with Crippen LogP contribution in [-0.2, 0) is 16.1 Å². The van der Waals surface area contributed by atoms with Crippen LogP contribution in [0.25, 0.3) is 0 Å². The van der Waals surface area contributed by atoms with Gasteiger partial charge in [-0.05, 0) is 17.7 Å². The minimum absolute atomic E-state index is 0.162. The molecular weight excluding hydrogens is 258 g/mol. The van der Waals surface area contributed by atoms with Gasteiger partial charge in [0.15, 0.2) is 0 Å². The van der Waals surface area contributed by atoms with Crippen molar-refractivity contribution in [2.75, 3.05) is 26.8 Å². The maximum Gasteiger partial charge on any atom is 0.254 e. The van der Waals surface area contributed by atoms with Crippen molar-refractivity contribution in [1.82, 2.24) is 10.2 Å². The predicted molar refractivity (Wildman–Crippen MR) is 74.0 cm³/mol. The lowest BCUT2D eigenvalue weighted by Crippen LogP contribution is -2.55. The summed E-state index contributed by atoms with van der Waals surface area (Å²) in [5.74, 6) is -0.373. The van der Waals surface area contributed by atoms with Gasteiger partial charge in [-0.25, -0.2) is 0 Å². The normalized spacial score (nSPS) is 18.7. The van der Waals surface area contributed by atoms with E-state index in [9.17, 15) is 9.59 Å². The zero-order chi connectivity index (χ0) is 14.5.